The summed E-state index contributed by atoms with van der Waals surface area (Å²) in [6.07, 6.45) is 1.43. The highest BCUT2D eigenvalue weighted by molar-refractivity contribution is 14.1. The molecule has 0 fully saturated rings. The van der Waals surface area contributed by atoms with Crippen molar-refractivity contribution in [1.82, 2.24) is 9.97 Å². The van der Waals surface area contributed by atoms with Gasteiger partial charge >= 0.3 is 5.69 Å². The second kappa shape index (κ2) is 3.04. The summed E-state index contributed by atoms with van der Waals surface area (Å²) in [6.45, 7) is 3.45. The Labute approximate surface area is 75.5 Å². The van der Waals surface area contributed by atoms with Gasteiger partial charge in [0.2, 0.25) is 0 Å². The summed E-state index contributed by atoms with van der Waals surface area (Å²) in [4.78, 5) is 26.1. The molecule has 5 heteroatoms. The fourth-order valence-electron chi connectivity index (χ4n) is 0.629. The van der Waals surface area contributed by atoms with Crippen molar-refractivity contribution in [2.45, 2.75) is 0 Å². The van der Waals surface area contributed by atoms with Crippen molar-refractivity contribution in [2.24, 2.45) is 0 Å². The molecule has 0 amide bonds. The highest BCUT2D eigenvalue weighted by Crippen LogP contribution is 2.01. The molecule has 0 aliphatic heterocycles. The van der Waals surface area contributed by atoms with Crippen molar-refractivity contribution in [3.05, 3.63) is 36.7 Å². The van der Waals surface area contributed by atoms with Gasteiger partial charge in [0, 0.05) is 0 Å². The van der Waals surface area contributed by atoms with E-state index < -0.39 is 5.69 Å². The third kappa shape index (κ3) is 1.59. The van der Waals surface area contributed by atoms with Gasteiger partial charge in [-0.2, -0.15) is 0 Å². The molecule has 11 heavy (non-hydrogen) atoms. The molecular formula is C6H5IN2O2. The molecule has 0 bridgehead atoms. The van der Waals surface area contributed by atoms with Crippen molar-refractivity contribution < 1.29 is 0 Å². The summed E-state index contributed by atoms with van der Waals surface area (Å²) < 4.78 is 0.442. The molecule has 2 N–H and O–H groups in total. The van der Waals surface area contributed by atoms with Crippen LogP contribution in [0.5, 0.6) is 0 Å². The molecule has 1 aromatic rings. The second-order valence-electron chi connectivity index (χ2n) is 1.84. The fraction of sp³-hybridized carbons (Fsp3) is 0. The lowest BCUT2D eigenvalue weighted by atomic mass is 10.4. The van der Waals surface area contributed by atoms with Gasteiger partial charge in [-0.1, -0.05) is 6.58 Å². The van der Waals surface area contributed by atoms with E-state index in [4.69, 9.17) is 0 Å². The molecule has 0 aliphatic rings. The molecule has 1 rings (SSSR count). The van der Waals surface area contributed by atoms with E-state index in [2.05, 4.69) is 16.5 Å². The molecule has 0 radical (unpaired) electrons. The molecule has 0 saturated carbocycles. The number of hydrogen-bond donors (Lipinski definition) is 2. The smallest absolute Gasteiger partial charge is 0.306 e. The quantitative estimate of drug-likeness (QED) is 0.717. The van der Waals surface area contributed by atoms with E-state index in [1.165, 1.54) is 6.08 Å². The van der Waals surface area contributed by atoms with Gasteiger partial charge in [0.15, 0.2) is 0 Å². The van der Waals surface area contributed by atoms with Gasteiger partial charge in [-0.05, 0) is 28.7 Å². The van der Waals surface area contributed by atoms with Gasteiger partial charge < -0.3 is 4.98 Å². The fourth-order valence-corrected chi connectivity index (χ4v) is 1.12. The largest absolute Gasteiger partial charge is 0.326 e. The van der Waals surface area contributed by atoms with Gasteiger partial charge in [-0.3, -0.25) is 9.78 Å². The molecule has 0 aromatic carbocycles. The summed E-state index contributed by atoms with van der Waals surface area (Å²) in [5.74, 6) is 0. The molecular weight excluding hydrogens is 259 g/mol. The van der Waals surface area contributed by atoms with E-state index in [-0.39, 0.29) is 5.56 Å². The Morgan fingerprint density at radius 3 is 2.55 bits per heavy atom. The monoisotopic (exact) mass is 264 g/mol. The first-order chi connectivity index (χ1) is 5.15. The summed E-state index contributed by atoms with van der Waals surface area (Å²) in [6, 6.07) is 0. The predicted molar refractivity (Wildman–Crippen MR) is 50.5 cm³/mol. The third-order valence-corrected chi connectivity index (χ3v) is 2.19. The van der Waals surface area contributed by atoms with Gasteiger partial charge in [-0.25, -0.2) is 4.79 Å². The molecule has 4 nitrogen and oxygen atoms in total. The summed E-state index contributed by atoms with van der Waals surface area (Å²) >= 11 is 1.84. The van der Waals surface area contributed by atoms with E-state index in [0.29, 0.717) is 9.26 Å². The van der Waals surface area contributed by atoms with Gasteiger partial charge in [0.25, 0.3) is 5.56 Å². The molecule has 0 aliphatic carbocycles. The van der Waals surface area contributed by atoms with E-state index >= 15 is 0 Å². The topological polar surface area (TPSA) is 65.7 Å². The van der Waals surface area contributed by atoms with Crippen LogP contribution < -0.4 is 11.2 Å². The van der Waals surface area contributed by atoms with Gasteiger partial charge in [0.05, 0.1) is 5.69 Å². The minimum Gasteiger partial charge on any atom is -0.306 e. The highest BCUT2D eigenvalue weighted by Gasteiger charge is 2.00. The van der Waals surface area contributed by atoms with Crippen molar-refractivity contribution in [3.8, 4) is 0 Å². The minimum absolute atomic E-state index is 0.385. The van der Waals surface area contributed by atoms with E-state index in [1.54, 1.807) is 0 Å². The van der Waals surface area contributed by atoms with Gasteiger partial charge in [0.1, 0.15) is 3.57 Å². The van der Waals surface area contributed by atoms with Crippen molar-refractivity contribution in [2.75, 3.05) is 0 Å². The van der Waals surface area contributed by atoms with Crippen LogP contribution in [0.15, 0.2) is 16.2 Å². The first-order valence-electron chi connectivity index (χ1n) is 2.79. The van der Waals surface area contributed by atoms with Crippen LogP contribution in [0, 0.1) is 3.57 Å². The summed E-state index contributed by atoms with van der Waals surface area (Å²) in [7, 11) is 0. The average molecular weight is 264 g/mol. The Morgan fingerprint density at radius 1 is 1.36 bits per heavy atom. The van der Waals surface area contributed by atoms with Crippen LogP contribution >= 0.6 is 22.6 Å². The van der Waals surface area contributed by atoms with Crippen LogP contribution in [-0.4, -0.2) is 9.97 Å². The molecule has 0 spiro atoms. The first-order valence-corrected chi connectivity index (χ1v) is 3.87. The molecule has 0 saturated heterocycles. The first kappa shape index (κ1) is 8.25. The Hall–Kier alpha value is -0.850. The maximum Gasteiger partial charge on any atom is 0.326 e. The number of aromatic amines is 2. The Kier molecular flexibility index (Phi) is 2.28. The van der Waals surface area contributed by atoms with Crippen molar-refractivity contribution in [3.63, 3.8) is 0 Å². The Morgan fingerprint density at radius 2 is 2.00 bits per heavy atom. The van der Waals surface area contributed by atoms with Crippen LogP contribution in [0.25, 0.3) is 6.08 Å². The summed E-state index contributed by atoms with van der Waals surface area (Å²) in [5, 5.41) is 0. The normalized spacial score (nSPS) is 9.55. The zero-order chi connectivity index (χ0) is 8.43. The Bertz CT molecular complexity index is 390. The van der Waals surface area contributed by atoms with Crippen LogP contribution in [0.4, 0.5) is 0 Å². The number of rotatable bonds is 1. The number of aromatic nitrogens is 2. The van der Waals surface area contributed by atoms with Crippen LogP contribution in [0.2, 0.25) is 0 Å². The van der Waals surface area contributed by atoms with Crippen molar-refractivity contribution >= 4 is 28.7 Å². The SMILES string of the molecule is C=Cc1[nH]c(=O)[nH]c(=O)c1I. The molecule has 0 unspecified atom stereocenters. The third-order valence-electron chi connectivity index (χ3n) is 1.12. The predicted octanol–water partition coefficient (Wildman–Crippen LogP) is 0.311. The lowest BCUT2D eigenvalue weighted by Crippen LogP contribution is -2.25. The van der Waals surface area contributed by atoms with E-state index in [1.807, 2.05) is 22.6 Å². The number of halogens is 1. The number of H-pyrrole nitrogens is 2. The van der Waals surface area contributed by atoms with Gasteiger partial charge in [-0.15, -0.1) is 0 Å². The second-order valence-corrected chi connectivity index (χ2v) is 2.92. The lowest BCUT2D eigenvalue weighted by molar-refractivity contribution is 1.01. The zero-order valence-corrected chi connectivity index (χ0v) is 7.64. The van der Waals surface area contributed by atoms with Crippen molar-refractivity contribution in [1.29, 1.82) is 0 Å². The van der Waals surface area contributed by atoms with Crippen LogP contribution in [-0.2, 0) is 0 Å². The molecule has 58 valence electrons. The average Bonchev–Trinajstić information content (AvgIpc) is 1.96. The molecule has 0 atom stereocenters. The maximum atomic E-state index is 10.9. The summed E-state index contributed by atoms with van der Waals surface area (Å²) in [5.41, 5.74) is -0.436. The number of hydrogen-bond acceptors (Lipinski definition) is 2. The standard InChI is InChI=1S/C6H5IN2O2/c1-2-3-4(7)5(10)9-6(11)8-3/h2H,1H2,(H2,8,9,10,11). The maximum absolute atomic E-state index is 10.9. The molecule has 1 heterocycles. The number of nitrogens with one attached hydrogen (secondary N) is 2. The molecule has 1 aromatic heterocycles. The Balaban J connectivity index is 3.61. The van der Waals surface area contributed by atoms with Crippen LogP contribution in [0.3, 0.4) is 0 Å². The zero-order valence-electron chi connectivity index (χ0n) is 5.48. The minimum atomic E-state index is -0.509. The van der Waals surface area contributed by atoms with E-state index in [0.717, 1.165) is 0 Å². The lowest BCUT2D eigenvalue weighted by Gasteiger charge is -1.93. The van der Waals surface area contributed by atoms with Crippen LogP contribution in [0.1, 0.15) is 5.69 Å². The highest BCUT2D eigenvalue weighted by atomic mass is 127. The van der Waals surface area contributed by atoms with E-state index in [9.17, 15) is 9.59 Å².